The topological polar surface area (TPSA) is 17.8 Å². The molecular weight excluding hydrogens is 207 g/mol. The molecular formula is C6H9BF3KN2. The standard InChI is InChI=1S/C6H9BF3N2.K/c1-3-12-5(2)6(4-11-12)7(8,9)10;/h4H,3H2,1-2H3;/q-1;+1. The normalized spacial score (nSPS) is 11.2. The third-order valence-corrected chi connectivity index (χ3v) is 1.79. The van der Waals surface area contributed by atoms with E-state index in [9.17, 15) is 12.9 Å². The zero-order valence-corrected chi connectivity index (χ0v) is 11.0. The largest absolute Gasteiger partial charge is 1.00 e. The Kier molecular flexibility index (Phi) is 5.24. The molecule has 0 atom stereocenters. The van der Waals surface area contributed by atoms with E-state index >= 15 is 0 Å². The van der Waals surface area contributed by atoms with Crippen molar-refractivity contribution in [3.05, 3.63) is 11.9 Å². The summed E-state index contributed by atoms with van der Waals surface area (Å²) in [4.78, 5) is 0. The fourth-order valence-electron chi connectivity index (χ4n) is 1.10. The van der Waals surface area contributed by atoms with Crippen molar-refractivity contribution in [3.63, 3.8) is 0 Å². The van der Waals surface area contributed by atoms with Crippen molar-refractivity contribution in [2.24, 2.45) is 0 Å². The van der Waals surface area contributed by atoms with Crippen molar-refractivity contribution >= 4 is 12.4 Å². The van der Waals surface area contributed by atoms with Crippen LogP contribution in [0.4, 0.5) is 12.9 Å². The van der Waals surface area contributed by atoms with Crippen LogP contribution in [0.2, 0.25) is 0 Å². The molecule has 2 nitrogen and oxygen atoms in total. The van der Waals surface area contributed by atoms with Crippen molar-refractivity contribution < 1.29 is 64.3 Å². The first-order valence-corrected chi connectivity index (χ1v) is 3.69. The first-order chi connectivity index (χ1) is 5.46. The number of aryl methyl sites for hydroxylation is 1. The predicted octanol–water partition coefficient (Wildman–Crippen LogP) is -1.73. The maximum atomic E-state index is 12.2. The molecule has 0 saturated heterocycles. The van der Waals surface area contributed by atoms with E-state index in [1.807, 2.05) is 0 Å². The third-order valence-electron chi connectivity index (χ3n) is 1.79. The van der Waals surface area contributed by atoms with E-state index in [-0.39, 0.29) is 57.1 Å². The molecule has 68 valence electrons. The number of nitrogens with zero attached hydrogens (tertiary/aromatic N) is 2. The van der Waals surface area contributed by atoms with E-state index in [1.54, 1.807) is 6.92 Å². The molecule has 0 amide bonds. The van der Waals surface area contributed by atoms with Crippen LogP contribution in [0.25, 0.3) is 0 Å². The van der Waals surface area contributed by atoms with Crippen LogP contribution in [-0.2, 0) is 6.54 Å². The Morgan fingerprint density at radius 3 is 2.23 bits per heavy atom. The van der Waals surface area contributed by atoms with Crippen LogP contribution < -0.4 is 56.8 Å². The Labute approximate surface area is 117 Å². The molecule has 0 radical (unpaired) electrons. The van der Waals surface area contributed by atoms with E-state index in [1.165, 1.54) is 11.6 Å². The molecule has 7 heteroatoms. The number of rotatable bonds is 2. The van der Waals surface area contributed by atoms with E-state index in [2.05, 4.69) is 5.10 Å². The minimum atomic E-state index is -4.90. The molecule has 0 spiro atoms. The zero-order valence-electron chi connectivity index (χ0n) is 7.89. The second-order valence-electron chi connectivity index (χ2n) is 2.58. The monoisotopic (exact) mass is 216 g/mol. The number of hydrogen-bond acceptors (Lipinski definition) is 1. The summed E-state index contributed by atoms with van der Waals surface area (Å²) in [6, 6.07) is 0. The number of halogens is 3. The van der Waals surface area contributed by atoms with Gasteiger partial charge in [-0.15, -0.1) is 0 Å². The van der Waals surface area contributed by atoms with Crippen LogP contribution in [0.15, 0.2) is 6.20 Å². The SMILES string of the molecule is CCn1ncc([B-](F)(F)F)c1C.[K+]. The van der Waals surface area contributed by atoms with Crippen molar-refractivity contribution in [1.29, 1.82) is 0 Å². The Balaban J connectivity index is 0.00000144. The van der Waals surface area contributed by atoms with Crippen molar-refractivity contribution in [2.45, 2.75) is 20.4 Å². The van der Waals surface area contributed by atoms with Crippen LogP contribution in [0.3, 0.4) is 0 Å². The van der Waals surface area contributed by atoms with E-state index in [4.69, 9.17) is 0 Å². The Morgan fingerprint density at radius 1 is 1.46 bits per heavy atom. The van der Waals surface area contributed by atoms with Gasteiger partial charge in [-0.3, -0.25) is 4.68 Å². The van der Waals surface area contributed by atoms with Crippen molar-refractivity contribution in [3.8, 4) is 0 Å². The maximum absolute atomic E-state index is 12.2. The molecule has 0 saturated carbocycles. The average Bonchev–Trinajstić information content (AvgIpc) is 2.29. The van der Waals surface area contributed by atoms with Gasteiger partial charge in [0.2, 0.25) is 0 Å². The fraction of sp³-hybridized carbons (Fsp3) is 0.500. The molecule has 1 aromatic heterocycles. The summed E-state index contributed by atoms with van der Waals surface area (Å²) in [5.41, 5.74) is -0.387. The van der Waals surface area contributed by atoms with Gasteiger partial charge >= 0.3 is 58.4 Å². The summed E-state index contributed by atoms with van der Waals surface area (Å²) in [5.74, 6) is 0. The fourth-order valence-corrected chi connectivity index (χ4v) is 1.10. The molecule has 1 rings (SSSR count). The molecule has 13 heavy (non-hydrogen) atoms. The smallest absolute Gasteiger partial charge is 0.445 e. The summed E-state index contributed by atoms with van der Waals surface area (Å²) in [7, 11) is 0. The molecule has 1 heterocycles. The van der Waals surface area contributed by atoms with Crippen LogP contribution in [0.5, 0.6) is 0 Å². The Morgan fingerprint density at radius 2 is 2.00 bits per heavy atom. The van der Waals surface area contributed by atoms with E-state index in [0.717, 1.165) is 6.20 Å². The summed E-state index contributed by atoms with van der Waals surface area (Å²) < 4.78 is 38.0. The predicted molar refractivity (Wildman–Crippen MR) is 41.4 cm³/mol. The second kappa shape index (κ2) is 4.97. The summed E-state index contributed by atoms with van der Waals surface area (Å²) >= 11 is 0. The van der Waals surface area contributed by atoms with Gasteiger partial charge in [-0.2, -0.15) is 5.10 Å². The molecule has 1 aromatic rings. The first-order valence-electron chi connectivity index (χ1n) is 3.69. The van der Waals surface area contributed by atoms with Crippen LogP contribution in [0, 0.1) is 6.92 Å². The van der Waals surface area contributed by atoms with Gasteiger partial charge in [0.25, 0.3) is 0 Å². The van der Waals surface area contributed by atoms with Gasteiger partial charge < -0.3 is 12.9 Å². The van der Waals surface area contributed by atoms with Gasteiger partial charge in [-0.25, -0.2) is 0 Å². The zero-order chi connectivity index (χ0) is 9.35. The first kappa shape index (κ1) is 13.7. The van der Waals surface area contributed by atoms with Gasteiger partial charge in [-0.05, 0) is 13.8 Å². The Hall–Kier alpha value is 0.701. The number of hydrogen-bond donors (Lipinski definition) is 0. The van der Waals surface area contributed by atoms with Gasteiger partial charge in [0.05, 0.1) is 0 Å². The van der Waals surface area contributed by atoms with Crippen LogP contribution in [0.1, 0.15) is 12.6 Å². The minimum absolute atomic E-state index is 0. The molecule has 0 aromatic carbocycles. The van der Waals surface area contributed by atoms with E-state index in [0.29, 0.717) is 6.54 Å². The van der Waals surface area contributed by atoms with Crippen LogP contribution >= 0.6 is 0 Å². The van der Waals surface area contributed by atoms with Crippen molar-refractivity contribution in [1.82, 2.24) is 9.78 Å². The average molecular weight is 216 g/mol. The van der Waals surface area contributed by atoms with Crippen LogP contribution in [-0.4, -0.2) is 16.8 Å². The maximum Gasteiger partial charge on any atom is 1.00 e. The van der Waals surface area contributed by atoms with Gasteiger partial charge in [0, 0.05) is 18.4 Å². The number of aromatic nitrogens is 2. The summed E-state index contributed by atoms with van der Waals surface area (Å²) in [6.45, 7) is -1.24. The molecule has 0 aliphatic rings. The molecule has 0 bridgehead atoms. The van der Waals surface area contributed by atoms with Gasteiger partial charge in [0.15, 0.2) is 0 Å². The van der Waals surface area contributed by atoms with Crippen molar-refractivity contribution in [2.75, 3.05) is 0 Å². The van der Waals surface area contributed by atoms with Gasteiger partial charge in [-0.1, -0.05) is 5.46 Å². The third kappa shape index (κ3) is 3.09. The summed E-state index contributed by atoms with van der Waals surface area (Å²) in [6.07, 6.45) is 0.888. The second-order valence-corrected chi connectivity index (χ2v) is 2.58. The quantitative estimate of drug-likeness (QED) is 0.537. The molecule has 0 aliphatic heterocycles. The molecule has 0 fully saturated rings. The van der Waals surface area contributed by atoms with E-state index < -0.39 is 12.4 Å². The Bertz CT molecular complexity index is 284. The van der Waals surface area contributed by atoms with Gasteiger partial charge in [0.1, 0.15) is 0 Å². The minimum Gasteiger partial charge on any atom is -0.445 e. The molecule has 0 unspecified atom stereocenters. The molecule has 0 N–H and O–H groups in total. The molecule has 0 aliphatic carbocycles. The summed E-state index contributed by atoms with van der Waals surface area (Å²) in [5, 5.41) is 3.61.